The maximum absolute atomic E-state index is 9.48. The second-order valence-electron chi connectivity index (χ2n) is 12.6. The van der Waals surface area contributed by atoms with E-state index in [1.54, 1.807) is 0 Å². The summed E-state index contributed by atoms with van der Waals surface area (Å²) in [4.78, 5) is 0. The lowest BCUT2D eigenvalue weighted by atomic mass is 9.98. The average Bonchev–Trinajstić information content (AvgIpc) is 3.58. The van der Waals surface area contributed by atoms with Crippen LogP contribution in [0.1, 0.15) is 28.4 Å². The van der Waals surface area contributed by atoms with Gasteiger partial charge < -0.3 is 9.73 Å². The number of hydrogen-bond donors (Lipinski definition) is 3. The van der Waals surface area contributed by atoms with Crippen LogP contribution in [-0.4, -0.2) is 0 Å². The molecule has 0 radical (unpaired) electrons. The molecule has 246 valence electrons. The van der Waals surface area contributed by atoms with E-state index in [1.165, 1.54) is 5.56 Å². The van der Waals surface area contributed by atoms with Gasteiger partial charge in [0.25, 0.3) is 0 Å². The zero-order valence-electron chi connectivity index (χ0n) is 28.0. The second kappa shape index (κ2) is 14.6. The van der Waals surface area contributed by atoms with Gasteiger partial charge in [-0.3, -0.25) is 10.6 Å². The normalized spacial score (nSPS) is 11.7. The zero-order chi connectivity index (χ0) is 34.4. The number of benzene rings is 7. The van der Waals surface area contributed by atoms with E-state index in [2.05, 4.69) is 143 Å². The van der Waals surface area contributed by atoms with E-state index < -0.39 is 0 Å². The molecule has 3 N–H and O–H groups in total. The van der Waals surface area contributed by atoms with Crippen molar-refractivity contribution in [3.8, 4) is 28.3 Å². The third-order valence-corrected chi connectivity index (χ3v) is 9.28. The summed E-state index contributed by atoms with van der Waals surface area (Å²) in [6.45, 7) is 1.37. The van der Waals surface area contributed by atoms with Crippen molar-refractivity contribution in [3.63, 3.8) is 0 Å². The number of hydrogen-bond acceptors (Lipinski definition) is 5. The summed E-state index contributed by atoms with van der Waals surface area (Å²) in [7, 11) is 0. The average molecular weight is 661 g/mol. The minimum Gasteiger partial charge on any atom is -0.455 e. The highest BCUT2D eigenvalue weighted by Gasteiger charge is 2.14. The van der Waals surface area contributed by atoms with E-state index in [4.69, 9.17) is 4.42 Å². The van der Waals surface area contributed by atoms with Gasteiger partial charge in [0.05, 0.1) is 17.8 Å². The van der Waals surface area contributed by atoms with Gasteiger partial charge >= 0.3 is 0 Å². The van der Waals surface area contributed by atoms with Crippen LogP contribution in [-0.2, 0) is 13.1 Å². The largest absolute Gasteiger partial charge is 0.455 e. The molecule has 1 aromatic heterocycles. The molecule has 0 spiro atoms. The van der Waals surface area contributed by atoms with Crippen molar-refractivity contribution in [1.82, 2.24) is 10.6 Å². The molecule has 1 unspecified atom stereocenters. The first-order chi connectivity index (χ1) is 25.2. The Hall–Kier alpha value is -6.45. The Bertz CT molecular complexity index is 2460. The lowest BCUT2D eigenvalue weighted by Gasteiger charge is -2.21. The number of fused-ring (bicyclic) bond motifs is 3. The highest BCUT2D eigenvalue weighted by Crippen LogP contribution is 2.37. The molecule has 5 nitrogen and oxygen atoms in total. The molecular formula is C46H36N4O. The van der Waals surface area contributed by atoms with E-state index in [1.807, 2.05) is 48.5 Å². The summed E-state index contributed by atoms with van der Waals surface area (Å²) in [5, 5.41) is 22.7. The zero-order valence-corrected chi connectivity index (χ0v) is 28.0. The standard InChI is InChI=1S/C46H36N4O/c47-29-34-12-8-13-37(28-34)46(48-30-32-10-2-1-3-11-32)49-31-33-20-26-38(27-21-33)50-43-18-6-4-14-39(43)35-22-24-36(25-23-35)40-16-9-17-42-41-15-5-7-19-44(41)51-45(40)42/h1-28,46,48-50H,30-31H2. The van der Waals surface area contributed by atoms with Crippen LogP contribution in [0, 0.1) is 11.3 Å². The number of furan rings is 1. The Morgan fingerprint density at radius 1 is 0.549 bits per heavy atom. The number of rotatable bonds is 11. The van der Waals surface area contributed by atoms with Gasteiger partial charge in [0.15, 0.2) is 0 Å². The van der Waals surface area contributed by atoms with Crippen molar-refractivity contribution in [1.29, 1.82) is 5.26 Å². The Balaban J connectivity index is 0.967. The van der Waals surface area contributed by atoms with E-state index in [9.17, 15) is 5.26 Å². The molecule has 0 fully saturated rings. The monoisotopic (exact) mass is 660 g/mol. The van der Waals surface area contributed by atoms with Crippen LogP contribution in [0.15, 0.2) is 174 Å². The molecule has 8 aromatic rings. The molecule has 0 saturated heterocycles. The van der Waals surface area contributed by atoms with Crippen molar-refractivity contribution in [2.45, 2.75) is 19.3 Å². The van der Waals surface area contributed by atoms with E-state index in [0.717, 1.165) is 66.7 Å². The smallest absolute Gasteiger partial charge is 0.143 e. The van der Waals surface area contributed by atoms with Crippen LogP contribution in [0.2, 0.25) is 0 Å². The van der Waals surface area contributed by atoms with Crippen LogP contribution < -0.4 is 16.0 Å². The molecule has 0 aliphatic heterocycles. The minimum absolute atomic E-state index is 0.124. The van der Waals surface area contributed by atoms with Gasteiger partial charge in [0.2, 0.25) is 0 Å². The number of anilines is 2. The van der Waals surface area contributed by atoms with E-state index in [-0.39, 0.29) is 6.17 Å². The first-order valence-electron chi connectivity index (χ1n) is 17.2. The summed E-state index contributed by atoms with van der Waals surface area (Å²) in [5.74, 6) is 0. The van der Waals surface area contributed by atoms with Crippen molar-refractivity contribution in [2.75, 3.05) is 5.32 Å². The maximum Gasteiger partial charge on any atom is 0.143 e. The number of para-hydroxylation sites is 3. The van der Waals surface area contributed by atoms with Crippen LogP contribution in [0.5, 0.6) is 0 Å². The van der Waals surface area contributed by atoms with Gasteiger partial charge in [-0.25, -0.2) is 0 Å². The molecular weight excluding hydrogens is 625 g/mol. The van der Waals surface area contributed by atoms with Crippen LogP contribution in [0.4, 0.5) is 11.4 Å². The lowest BCUT2D eigenvalue weighted by Crippen LogP contribution is -2.33. The highest BCUT2D eigenvalue weighted by molar-refractivity contribution is 6.09. The SMILES string of the molecule is N#Cc1cccc(C(NCc2ccccc2)NCc2ccc(Nc3ccccc3-c3ccc(-c4cccc5c4oc4ccccc45)cc3)cc2)c1. The van der Waals surface area contributed by atoms with E-state index in [0.29, 0.717) is 18.7 Å². The van der Waals surface area contributed by atoms with Crippen LogP contribution >= 0.6 is 0 Å². The van der Waals surface area contributed by atoms with Crippen molar-refractivity contribution >= 4 is 33.3 Å². The van der Waals surface area contributed by atoms with Gasteiger partial charge in [0.1, 0.15) is 11.2 Å². The summed E-state index contributed by atoms with van der Waals surface area (Å²) >= 11 is 0. The van der Waals surface area contributed by atoms with Crippen molar-refractivity contribution < 1.29 is 4.42 Å². The number of nitriles is 1. The van der Waals surface area contributed by atoms with Gasteiger partial charge in [-0.1, -0.05) is 133 Å². The van der Waals surface area contributed by atoms with Crippen LogP contribution in [0.25, 0.3) is 44.2 Å². The summed E-state index contributed by atoms with van der Waals surface area (Å²) in [6.07, 6.45) is -0.124. The van der Waals surface area contributed by atoms with Gasteiger partial charge in [0, 0.05) is 46.4 Å². The fourth-order valence-corrected chi connectivity index (χ4v) is 6.64. The lowest BCUT2D eigenvalue weighted by molar-refractivity contribution is 0.436. The highest BCUT2D eigenvalue weighted by atomic mass is 16.3. The Morgan fingerprint density at radius 3 is 1.96 bits per heavy atom. The number of nitrogens with one attached hydrogen (secondary N) is 3. The molecule has 7 aromatic carbocycles. The maximum atomic E-state index is 9.48. The third-order valence-electron chi connectivity index (χ3n) is 9.28. The van der Waals surface area contributed by atoms with E-state index >= 15 is 0 Å². The summed E-state index contributed by atoms with van der Waals surface area (Å²) < 4.78 is 6.30. The molecule has 0 aliphatic carbocycles. The molecule has 0 saturated carbocycles. The third kappa shape index (κ3) is 7.01. The van der Waals surface area contributed by atoms with Gasteiger partial charge in [-0.2, -0.15) is 5.26 Å². The Kier molecular flexibility index (Phi) is 9.09. The predicted octanol–water partition coefficient (Wildman–Crippen LogP) is 11.1. The van der Waals surface area contributed by atoms with Crippen molar-refractivity contribution in [3.05, 3.63) is 192 Å². The summed E-state index contributed by atoms with van der Waals surface area (Å²) in [6, 6.07) is 60.6. The molecule has 1 atom stereocenters. The van der Waals surface area contributed by atoms with Crippen LogP contribution in [0.3, 0.4) is 0 Å². The molecule has 1 heterocycles. The first kappa shape index (κ1) is 31.8. The van der Waals surface area contributed by atoms with Crippen molar-refractivity contribution in [2.24, 2.45) is 0 Å². The van der Waals surface area contributed by atoms with Gasteiger partial charge in [-0.15, -0.1) is 0 Å². The molecule has 8 rings (SSSR count). The molecule has 0 aliphatic rings. The minimum atomic E-state index is -0.124. The molecule has 51 heavy (non-hydrogen) atoms. The Labute approximate surface area is 297 Å². The molecule has 0 amide bonds. The van der Waals surface area contributed by atoms with Gasteiger partial charge in [-0.05, 0) is 64.2 Å². The molecule has 5 heteroatoms. The Morgan fingerprint density at radius 2 is 1.18 bits per heavy atom. The molecule has 0 bridgehead atoms. The topological polar surface area (TPSA) is 73.0 Å². The first-order valence-corrected chi connectivity index (χ1v) is 17.2. The quantitative estimate of drug-likeness (QED) is 0.120. The summed E-state index contributed by atoms with van der Waals surface area (Å²) in [5.41, 5.74) is 12.4. The second-order valence-corrected chi connectivity index (χ2v) is 12.6. The fourth-order valence-electron chi connectivity index (χ4n) is 6.64. The fraction of sp³-hybridized carbons (Fsp3) is 0.0652. The predicted molar refractivity (Wildman–Crippen MR) is 208 cm³/mol. The number of nitrogens with zero attached hydrogens (tertiary/aromatic N) is 1.